The molecule has 3 aromatic rings. The molecule has 0 aliphatic heterocycles. The van der Waals surface area contributed by atoms with Crippen LogP contribution >= 0.6 is 0 Å². The molecule has 0 aliphatic carbocycles. The summed E-state index contributed by atoms with van der Waals surface area (Å²) in [5, 5.41) is 9.31. The first kappa shape index (κ1) is 18.1. The summed E-state index contributed by atoms with van der Waals surface area (Å²) in [7, 11) is 0. The Morgan fingerprint density at radius 3 is 1.77 bits per heavy atom. The molecule has 0 fully saturated rings. The van der Waals surface area contributed by atoms with E-state index in [0.717, 1.165) is 22.3 Å². The second-order valence-electron chi connectivity index (χ2n) is 6.30. The van der Waals surface area contributed by atoms with Crippen LogP contribution < -0.4 is 4.89 Å². The molecule has 0 saturated carbocycles. The van der Waals surface area contributed by atoms with Crippen LogP contribution in [0.2, 0.25) is 0 Å². The minimum absolute atomic E-state index is 0.323. The minimum atomic E-state index is -0.519. The third-order valence-electron chi connectivity index (χ3n) is 4.17. The molecule has 4 heteroatoms. The third kappa shape index (κ3) is 4.70. The predicted molar refractivity (Wildman–Crippen MR) is 99.8 cm³/mol. The zero-order valence-corrected chi connectivity index (χ0v) is 14.9. The lowest BCUT2D eigenvalue weighted by atomic mass is 9.99. The predicted octanol–water partition coefficient (Wildman–Crippen LogP) is 5.39. The SMILES string of the molecule is Cc1ccc(OOCc2ccc(C(OO)c3ccc(C)cc3)cc2)cc1. The summed E-state index contributed by atoms with van der Waals surface area (Å²) in [6.07, 6.45) is -0.519. The maximum Gasteiger partial charge on any atom is 0.165 e. The second kappa shape index (κ2) is 8.63. The Labute approximate surface area is 153 Å². The summed E-state index contributed by atoms with van der Waals surface area (Å²) < 4.78 is 0. The summed E-state index contributed by atoms with van der Waals surface area (Å²) in [6.45, 7) is 4.36. The van der Waals surface area contributed by atoms with E-state index in [1.54, 1.807) is 0 Å². The van der Waals surface area contributed by atoms with E-state index in [-0.39, 0.29) is 0 Å². The van der Waals surface area contributed by atoms with Gasteiger partial charge in [-0.3, -0.25) is 5.26 Å². The second-order valence-corrected chi connectivity index (χ2v) is 6.30. The average molecular weight is 350 g/mol. The third-order valence-corrected chi connectivity index (χ3v) is 4.17. The van der Waals surface area contributed by atoms with Gasteiger partial charge in [-0.15, -0.1) is 0 Å². The molecule has 3 rings (SSSR count). The van der Waals surface area contributed by atoms with Gasteiger partial charge >= 0.3 is 0 Å². The highest BCUT2D eigenvalue weighted by Gasteiger charge is 2.14. The molecule has 1 N–H and O–H groups in total. The lowest BCUT2D eigenvalue weighted by Crippen LogP contribution is -2.04. The van der Waals surface area contributed by atoms with Crippen molar-refractivity contribution < 1.29 is 19.9 Å². The Balaban J connectivity index is 1.60. The Hall–Kier alpha value is -2.66. The van der Waals surface area contributed by atoms with Gasteiger partial charge in [0.1, 0.15) is 12.7 Å². The summed E-state index contributed by atoms with van der Waals surface area (Å²) in [5.74, 6) is 0.667. The Morgan fingerprint density at radius 1 is 0.731 bits per heavy atom. The van der Waals surface area contributed by atoms with Crippen molar-refractivity contribution in [3.8, 4) is 5.75 Å². The van der Waals surface area contributed by atoms with Gasteiger partial charge in [0.05, 0.1) is 0 Å². The van der Waals surface area contributed by atoms with Crippen LogP contribution in [-0.2, 0) is 16.4 Å². The standard InChI is InChI=1S/C22H22O4/c1-16-3-9-19(10-4-16)22(25-23)20-11-7-18(8-12-20)15-24-26-21-13-5-17(2)6-14-21/h3-14,22-23H,15H2,1-2H3. The normalized spacial score (nSPS) is 12.0. The van der Waals surface area contributed by atoms with E-state index in [4.69, 9.17) is 14.7 Å². The molecule has 0 aromatic heterocycles. The Morgan fingerprint density at radius 2 is 1.23 bits per heavy atom. The lowest BCUT2D eigenvalue weighted by Gasteiger charge is -2.15. The van der Waals surface area contributed by atoms with Crippen molar-refractivity contribution in [2.45, 2.75) is 26.6 Å². The smallest absolute Gasteiger partial charge is 0.165 e. The number of hydrogen-bond donors (Lipinski definition) is 1. The molecule has 0 bridgehead atoms. The topological polar surface area (TPSA) is 47.9 Å². The van der Waals surface area contributed by atoms with E-state index >= 15 is 0 Å². The van der Waals surface area contributed by atoms with Crippen LogP contribution in [-0.4, -0.2) is 5.26 Å². The fraction of sp³-hybridized carbons (Fsp3) is 0.182. The number of hydrogen-bond acceptors (Lipinski definition) is 4. The van der Waals surface area contributed by atoms with Crippen molar-refractivity contribution >= 4 is 0 Å². The molecular formula is C22H22O4. The van der Waals surface area contributed by atoms with E-state index in [0.29, 0.717) is 12.4 Å². The van der Waals surface area contributed by atoms with E-state index < -0.39 is 6.10 Å². The summed E-state index contributed by atoms with van der Waals surface area (Å²) in [5.41, 5.74) is 5.04. The summed E-state index contributed by atoms with van der Waals surface area (Å²) in [4.78, 5) is 15.3. The van der Waals surface area contributed by atoms with Gasteiger partial charge in [-0.25, -0.2) is 4.89 Å². The van der Waals surface area contributed by atoms with Crippen molar-refractivity contribution in [3.05, 3.63) is 101 Å². The Kier molecular flexibility index (Phi) is 6.02. The van der Waals surface area contributed by atoms with Crippen molar-refractivity contribution in [1.29, 1.82) is 0 Å². The summed E-state index contributed by atoms with van der Waals surface area (Å²) >= 11 is 0. The highest BCUT2D eigenvalue weighted by atomic mass is 17.2. The van der Waals surface area contributed by atoms with Gasteiger partial charge in [0.2, 0.25) is 0 Å². The zero-order valence-electron chi connectivity index (χ0n) is 14.9. The Bertz CT molecular complexity index is 808. The fourth-order valence-corrected chi connectivity index (χ4v) is 2.60. The maximum atomic E-state index is 9.31. The van der Waals surface area contributed by atoms with E-state index in [2.05, 4.69) is 0 Å². The average Bonchev–Trinajstić information content (AvgIpc) is 2.67. The molecule has 26 heavy (non-hydrogen) atoms. The van der Waals surface area contributed by atoms with Gasteiger partial charge < -0.3 is 4.89 Å². The van der Waals surface area contributed by atoms with Gasteiger partial charge in [0.25, 0.3) is 0 Å². The van der Waals surface area contributed by atoms with Crippen molar-refractivity contribution in [2.75, 3.05) is 0 Å². The molecule has 0 spiro atoms. The van der Waals surface area contributed by atoms with Gasteiger partial charge in [-0.1, -0.05) is 71.8 Å². The summed E-state index contributed by atoms with van der Waals surface area (Å²) in [6, 6.07) is 23.2. The molecule has 4 nitrogen and oxygen atoms in total. The van der Waals surface area contributed by atoms with Crippen LogP contribution in [0.15, 0.2) is 72.8 Å². The van der Waals surface area contributed by atoms with Crippen LogP contribution in [0.1, 0.15) is 33.9 Å². The molecule has 0 heterocycles. The van der Waals surface area contributed by atoms with Crippen molar-refractivity contribution in [2.24, 2.45) is 0 Å². The van der Waals surface area contributed by atoms with Crippen molar-refractivity contribution in [1.82, 2.24) is 0 Å². The van der Waals surface area contributed by atoms with Gasteiger partial charge in [-0.2, -0.15) is 4.89 Å². The van der Waals surface area contributed by atoms with Crippen LogP contribution in [0.25, 0.3) is 0 Å². The number of rotatable bonds is 7. The van der Waals surface area contributed by atoms with Gasteiger partial charge in [-0.05, 0) is 42.7 Å². The molecule has 0 aliphatic rings. The molecule has 134 valence electrons. The minimum Gasteiger partial charge on any atom is -0.337 e. The van der Waals surface area contributed by atoms with Gasteiger partial charge in [0.15, 0.2) is 5.75 Å². The fourth-order valence-electron chi connectivity index (χ4n) is 2.60. The molecular weight excluding hydrogens is 328 g/mol. The quantitative estimate of drug-likeness (QED) is 0.458. The molecule has 3 aromatic carbocycles. The first-order valence-electron chi connectivity index (χ1n) is 8.47. The number of aryl methyl sites for hydroxylation is 2. The first-order valence-corrected chi connectivity index (χ1v) is 8.47. The largest absolute Gasteiger partial charge is 0.337 e. The molecule has 0 radical (unpaired) electrons. The first-order chi connectivity index (χ1) is 12.7. The maximum absolute atomic E-state index is 9.31. The van der Waals surface area contributed by atoms with Crippen LogP contribution in [0.5, 0.6) is 5.75 Å². The lowest BCUT2D eigenvalue weighted by molar-refractivity contribution is -0.270. The number of benzene rings is 3. The van der Waals surface area contributed by atoms with E-state index in [1.165, 1.54) is 5.56 Å². The van der Waals surface area contributed by atoms with Gasteiger partial charge in [0, 0.05) is 0 Å². The molecule has 1 unspecified atom stereocenters. The molecule has 1 atom stereocenters. The molecule has 0 saturated heterocycles. The van der Waals surface area contributed by atoms with Crippen LogP contribution in [0.4, 0.5) is 0 Å². The monoisotopic (exact) mass is 350 g/mol. The molecule has 0 amide bonds. The van der Waals surface area contributed by atoms with Crippen LogP contribution in [0.3, 0.4) is 0 Å². The van der Waals surface area contributed by atoms with E-state index in [1.807, 2.05) is 86.6 Å². The zero-order chi connectivity index (χ0) is 18.4. The van der Waals surface area contributed by atoms with Crippen molar-refractivity contribution in [3.63, 3.8) is 0 Å². The van der Waals surface area contributed by atoms with Crippen LogP contribution in [0, 0.1) is 13.8 Å². The van der Waals surface area contributed by atoms with E-state index in [9.17, 15) is 5.26 Å². The highest BCUT2D eigenvalue weighted by Crippen LogP contribution is 2.26. The highest BCUT2D eigenvalue weighted by molar-refractivity contribution is 5.33.